The first kappa shape index (κ1) is 24.2. The topological polar surface area (TPSA) is 122 Å². The lowest BCUT2D eigenvalue weighted by Crippen LogP contribution is -2.44. The molecule has 2 N–H and O–H groups in total. The van der Waals surface area contributed by atoms with Gasteiger partial charge in [0.1, 0.15) is 5.60 Å². The predicted molar refractivity (Wildman–Crippen MR) is 125 cm³/mol. The Labute approximate surface area is 199 Å². The number of hydrogen-bond donors (Lipinski definition) is 1. The molecule has 4 heterocycles. The largest absolute Gasteiger partial charge is 0.443 e. The van der Waals surface area contributed by atoms with Crippen molar-refractivity contribution in [3.05, 3.63) is 29.1 Å². The first-order valence-electron chi connectivity index (χ1n) is 11.7. The van der Waals surface area contributed by atoms with Crippen LogP contribution in [0.2, 0.25) is 0 Å². The third-order valence-corrected chi connectivity index (χ3v) is 5.86. The zero-order chi connectivity index (χ0) is 24.5. The minimum Gasteiger partial charge on any atom is -0.443 e. The van der Waals surface area contributed by atoms with Crippen LogP contribution in [0.4, 0.5) is 10.7 Å². The molecule has 0 bridgehead atoms. The fourth-order valence-electron chi connectivity index (χ4n) is 4.28. The van der Waals surface area contributed by atoms with E-state index in [1.807, 2.05) is 11.5 Å². The molecule has 184 valence electrons. The second kappa shape index (κ2) is 9.71. The van der Waals surface area contributed by atoms with Crippen molar-refractivity contribution in [2.75, 3.05) is 25.5 Å². The van der Waals surface area contributed by atoms with Crippen molar-refractivity contribution < 1.29 is 23.8 Å². The summed E-state index contributed by atoms with van der Waals surface area (Å²) < 4.78 is 19.1. The Bertz CT molecular complexity index is 1070. The van der Waals surface area contributed by atoms with Crippen LogP contribution in [-0.2, 0) is 27.2 Å². The van der Waals surface area contributed by atoms with Gasteiger partial charge in [-0.1, -0.05) is 0 Å². The van der Waals surface area contributed by atoms with E-state index in [2.05, 4.69) is 9.97 Å². The van der Waals surface area contributed by atoms with Gasteiger partial charge in [0.15, 0.2) is 6.29 Å². The Balaban J connectivity index is 1.64. The van der Waals surface area contributed by atoms with Gasteiger partial charge in [-0.25, -0.2) is 19.7 Å². The zero-order valence-corrected chi connectivity index (χ0v) is 20.3. The van der Waals surface area contributed by atoms with Crippen LogP contribution >= 0.6 is 0 Å². The minimum absolute atomic E-state index is 0.153. The van der Waals surface area contributed by atoms with Gasteiger partial charge in [0.2, 0.25) is 5.95 Å². The summed E-state index contributed by atoms with van der Waals surface area (Å²) in [7, 11) is 0. The lowest BCUT2D eigenvalue weighted by atomic mass is 10.1. The molecule has 10 heteroatoms. The fraction of sp³-hybridized carbons (Fsp3) is 0.583. The third kappa shape index (κ3) is 5.23. The van der Waals surface area contributed by atoms with E-state index in [9.17, 15) is 9.59 Å². The maximum Gasteiger partial charge on any atom is 0.417 e. The van der Waals surface area contributed by atoms with Crippen LogP contribution in [0.3, 0.4) is 0 Å². The molecule has 4 rings (SSSR count). The molecule has 10 nitrogen and oxygen atoms in total. The molecule has 1 atom stereocenters. The molecule has 2 aliphatic rings. The highest BCUT2D eigenvalue weighted by Crippen LogP contribution is 2.31. The highest BCUT2D eigenvalue weighted by Gasteiger charge is 2.35. The molecule has 0 spiro atoms. The van der Waals surface area contributed by atoms with E-state index in [-0.39, 0.29) is 24.7 Å². The first-order valence-corrected chi connectivity index (χ1v) is 11.7. The van der Waals surface area contributed by atoms with Crippen molar-refractivity contribution in [3.8, 4) is 11.4 Å². The highest BCUT2D eigenvalue weighted by molar-refractivity contribution is 6.05. The van der Waals surface area contributed by atoms with Gasteiger partial charge in [-0.2, -0.15) is 0 Å². The van der Waals surface area contributed by atoms with Crippen molar-refractivity contribution in [3.63, 3.8) is 0 Å². The lowest BCUT2D eigenvalue weighted by Gasteiger charge is -2.29. The molecule has 2 aliphatic heterocycles. The van der Waals surface area contributed by atoms with E-state index >= 15 is 0 Å². The number of rotatable bonds is 5. The summed E-state index contributed by atoms with van der Waals surface area (Å²) in [6.45, 7) is 9.10. The number of anilines is 1. The number of nitrogens with zero attached hydrogens (tertiary/aromatic N) is 4. The molecule has 0 aromatic carbocycles. The maximum absolute atomic E-state index is 13.3. The van der Waals surface area contributed by atoms with Crippen LogP contribution in [0.15, 0.2) is 12.3 Å². The molecule has 1 fully saturated rings. The van der Waals surface area contributed by atoms with Gasteiger partial charge in [0.05, 0.1) is 23.6 Å². The molecular weight excluding hydrogens is 438 g/mol. The second-order valence-electron chi connectivity index (χ2n) is 9.66. The summed E-state index contributed by atoms with van der Waals surface area (Å²) in [4.78, 5) is 35.6. The summed E-state index contributed by atoms with van der Waals surface area (Å²) in [6.07, 6.45) is 4.33. The van der Waals surface area contributed by atoms with Gasteiger partial charge >= 0.3 is 6.09 Å². The number of amides is 2. The van der Waals surface area contributed by atoms with Crippen LogP contribution in [0.25, 0.3) is 11.4 Å². The number of nitrogens with two attached hydrogens (primary N) is 1. The zero-order valence-electron chi connectivity index (χ0n) is 20.3. The molecule has 34 heavy (non-hydrogen) atoms. The predicted octanol–water partition coefficient (Wildman–Crippen LogP) is 3.31. The van der Waals surface area contributed by atoms with Crippen LogP contribution in [-0.4, -0.2) is 63.1 Å². The van der Waals surface area contributed by atoms with Crippen molar-refractivity contribution in [1.29, 1.82) is 0 Å². The molecule has 0 aliphatic carbocycles. The monoisotopic (exact) mass is 471 g/mol. The molecule has 2 amide bonds. The van der Waals surface area contributed by atoms with Crippen LogP contribution in [0.1, 0.15) is 61.6 Å². The van der Waals surface area contributed by atoms with Crippen LogP contribution < -0.4 is 5.73 Å². The number of aromatic nitrogens is 3. The second-order valence-corrected chi connectivity index (χ2v) is 9.66. The Hall–Kier alpha value is -2.98. The third-order valence-electron chi connectivity index (χ3n) is 5.86. The van der Waals surface area contributed by atoms with E-state index in [4.69, 9.17) is 19.9 Å². The van der Waals surface area contributed by atoms with Crippen LogP contribution in [0.5, 0.6) is 0 Å². The summed E-state index contributed by atoms with van der Waals surface area (Å²) in [5.74, 6) is -0.230. The van der Waals surface area contributed by atoms with E-state index in [1.165, 1.54) is 0 Å². The summed E-state index contributed by atoms with van der Waals surface area (Å²) >= 11 is 0. The van der Waals surface area contributed by atoms with Crippen molar-refractivity contribution >= 4 is 17.9 Å². The van der Waals surface area contributed by atoms with Gasteiger partial charge in [0, 0.05) is 38.0 Å². The minimum atomic E-state index is -0.692. The lowest BCUT2D eigenvalue weighted by molar-refractivity contribution is -0.163. The number of imide groups is 1. The number of hydrogen-bond acceptors (Lipinski definition) is 8. The number of fused-ring (bicyclic) bond motifs is 1. The molecule has 0 radical (unpaired) electrons. The van der Waals surface area contributed by atoms with Gasteiger partial charge in [-0.15, -0.1) is 0 Å². The number of carbonyl (C=O) groups excluding carboxylic acids is 2. The van der Waals surface area contributed by atoms with Crippen molar-refractivity contribution in [2.24, 2.45) is 0 Å². The van der Waals surface area contributed by atoms with Gasteiger partial charge in [-0.3, -0.25) is 4.79 Å². The average Bonchev–Trinajstić information content (AvgIpc) is 3.14. The van der Waals surface area contributed by atoms with Crippen LogP contribution in [0, 0.1) is 6.92 Å². The summed E-state index contributed by atoms with van der Waals surface area (Å²) in [5, 5.41) is 0. The molecule has 2 aromatic heterocycles. The summed E-state index contributed by atoms with van der Waals surface area (Å²) in [5.41, 5.74) is 8.69. The normalized spacial score (nSPS) is 18.6. The standard InChI is InChI=1S/C24H33N5O5/c1-15-14-26-22(25)27-20(15)18-13-16-17(28(18)10-12-33-19-7-5-6-11-32-19)8-9-29(21(16)30)23(31)34-24(2,3)4/h13-14,19H,5-12H2,1-4H3,(H2,25,26,27). The molecule has 1 saturated heterocycles. The molecule has 2 aromatic rings. The highest BCUT2D eigenvalue weighted by atomic mass is 16.7. The van der Waals surface area contributed by atoms with E-state index in [0.29, 0.717) is 37.4 Å². The van der Waals surface area contributed by atoms with Gasteiger partial charge in [-0.05, 0) is 58.6 Å². The number of ether oxygens (including phenoxy) is 3. The van der Waals surface area contributed by atoms with Gasteiger partial charge < -0.3 is 24.5 Å². The van der Waals surface area contributed by atoms with E-state index < -0.39 is 11.7 Å². The smallest absolute Gasteiger partial charge is 0.417 e. The number of nitrogen functional groups attached to an aromatic ring is 1. The fourth-order valence-corrected chi connectivity index (χ4v) is 4.28. The Morgan fingerprint density at radius 2 is 2.12 bits per heavy atom. The van der Waals surface area contributed by atoms with Gasteiger partial charge in [0.25, 0.3) is 5.91 Å². The number of aryl methyl sites for hydroxylation is 1. The van der Waals surface area contributed by atoms with E-state index in [0.717, 1.165) is 41.1 Å². The van der Waals surface area contributed by atoms with Crippen molar-refractivity contribution in [1.82, 2.24) is 19.4 Å². The number of carbonyl (C=O) groups is 2. The molecule has 1 unspecified atom stereocenters. The Morgan fingerprint density at radius 3 is 2.82 bits per heavy atom. The Kier molecular flexibility index (Phi) is 6.90. The average molecular weight is 472 g/mol. The summed E-state index contributed by atoms with van der Waals surface area (Å²) in [6, 6.07) is 1.78. The van der Waals surface area contributed by atoms with Crippen molar-refractivity contribution in [2.45, 2.75) is 71.8 Å². The molecule has 0 saturated carbocycles. The first-order chi connectivity index (χ1) is 16.1. The quantitative estimate of drug-likeness (QED) is 0.705. The molecular formula is C24H33N5O5. The SMILES string of the molecule is Cc1cnc(N)nc1-c1cc2c(n1CCOC1CCCCO1)CCN(C(=O)OC(C)(C)C)C2=O. The Morgan fingerprint density at radius 1 is 1.32 bits per heavy atom. The van der Waals surface area contributed by atoms with E-state index in [1.54, 1.807) is 33.0 Å². The maximum atomic E-state index is 13.3.